The van der Waals surface area contributed by atoms with E-state index in [9.17, 15) is 9.59 Å². The van der Waals surface area contributed by atoms with Crippen LogP contribution < -0.4 is 5.73 Å². The van der Waals surface area contributed by atoms with Gasteiger partial charge in [-0.15, -0.1) is 0 Å². The normalized spacial score (nSPS) is 12.6. The molecule has 0 radical (unpaired) electrons. The van der Waals surface area contributed by atoms with Gasteiger partial charge in [0.2, 0.25) is 5.91 Å². The Bertz CT molecular complexity index is 1500. The van der Waals surface area contributed by atoms with Crippen LogP contribution in [0, 0.1) is 6.92 Å². The molecule has 2 aromatic carbocycles. The zero-order valence-corrected chi connectivity index (χ0v) is 24.4. The van der Waals surface area contributed by atoms with Gasteiger partial charge in [-0.05, 0) is 54.7 Å². The number of fused-ring (bicyclic) bond motifs is 1. The van der Waals surface area contributed by atoms with Crippen LogP contribution in [0.4, 0.5) is 5.69 Å². The lowest BCUT2D eigenvalue weighted by molar-refractivity contribution is -0.127. The van der Waals surface area contributed by atoms with Crippen molar-refractivity contribution in [2.24, 2.45) is 22.9 Å². The number of nitrogens with zero attached hydrogens (tertiary/aromatic N) is 6. The van der Waals surface area contributed by atoms with E-state index in [4.69, 9.17) is 5.73 Å². The number of imidazole rings is 1. The highest BCUT2D eigenvalue weighted by atomic mass is 16.2. The van der Waals surface area contributed by atoms with E-state index < -0.39 is 0 Å². The van der Waals surface area contributed by atoms with Gasteiger partial charge in [0.15, 0.2) is 0 Å². The van der Waals surface area contributed by atoms with Gasteiger partial charge < -0.3 is 15.2 Å². The first-order valence-electron chi connectivity index (χ1n) is 14.1. The van der Waals surface area contributed by atoms with Crippen molar-refractivity contribution < 1.29 is 9.59 Å². The standard InChI is InChI=1S/C32H39N7O2/c1-6-14-38(15-7-2)31(40)26-19-25-9-8-24(20-28(25)36-29(33)21-26)23-10-11-27(22(3)18-23)32(41)39(34-4)16-12-30-35-13-17-37(30)5/h8-11,13,17-20H,4,6-7,12,14-16,21H2,1-3,5H3,(H2,33,36). The summed E-state index contributed by atoms with van der Waals surface area (Å²) in [5.74, 6) is 1.09. The highest BCUT2D eigenvalue weighted by Crippen LogP contribution is 2.33. The molecule has 9 heteroatoms. The number of aliphatic imine (C=N–C) groups is 1. The van der Waals surface area contributed by atoms with Gasteiger partial charge in [0.05, 0.1) is 12.2 Å². The third kappa shape index (κ3) is 6.80. The van der Waals surface area contributed by atoms with E-state index in [2.05, 4.69) is 35.6 Å². The van der Waals surface area contributed by atoms with E-state index in [1.165, 1.54) is 5.01 Å². The Hall–Kier alpha value is -4.53. The minimum atomic E-state index is -0.208. The van der Waals surface area contributed by atoms with Crippen molar-refractivity contribution in [1.82, 2.24) is 19.5 Å². The molecule has 1 aliphatic heterocycles. The summed E-state index contributed by atoms with van der Waals surface area (Å²) in [6, 6.07) is 11.7. The first kappa shape index (κ1) is 29.5. The number of hydrazone groups is 1. The molecule has 1 aromatic heterocycles. The Labute approximate surface area is 242 Å². The molecule has 0 spiro atoms. The Morgan fingerprint density at radius 3 is 2.39 bits per heavy atom. The second-order valence-electron chi connectivity index (χ2n) is 10.3. The molecular formula is C32H39N7O2. The largest absolute Gasteiger partial charge is 0.387 e. The summed E-state index contributed by atoms with van der Waals surface area (Å²) in [6.45, 7) is 11.5. The SMILES string of the molecule is C=NN(CCc1nccn1C)C(=O)c1ccc(-c2ccc3c(c2)N=C(N)CC(C(=O)N(CCC)CCC)=C3)cc1C. The van der Waals surface area contributed by atoms with E-state index >= 15 is 0 Å². The summed E-state index contributed by atoms with van der Waals surface area (Å²) in [6.07, 6.45) is 8.21. The molecule has 214 valence electrons. The van der Waals surface area contributed by atoms with Gasteiger partial charge in [-0.1, -0.05) is 38.1 Å². The van der Waals surface area contributed by atoms with Crippen molar-refractivity contribution in [2.75, 3.05) is 19.6 Å². The lowest BCUT2D eigenvalue weighted by Gasteiger charge is -2.22. The fraction of sp³-hybridized carbons (Fsp3) is 0.344. The molecule has 1 aliphatic rings. The molecule has 2 N–H and O–H groups in total. The molecule has 2 amide bonds. The smallest absolute Gasteiger partial charge is 0.274 e. The summed E-state index contributed by atoms with van der Waals surface area (Å²) in [5.41, 5.74) is 11.8. The average Bonchev–Trinajstić information content (AvgIpc) is 3.28. The number of carbonyl (C=O) groups excluding carboxylic acids is 2. The number of amides is 2. The maximum atomic E-state index is 13.3. The Balaban J connectivity index is 1.56. The van der Waals surface area contributed by atoms with E-state index in [-0.39, 0.29) is 11.8 Å². The fourth-order valence-corrected chi connectivity index (χ4v) is 5.07. The van der Waals surface area contributed by atoms with Gasteiger partial charge in [-0.3, -0.25) is 9.59 Å². The Morgan fingerprint density at radius 1 is 1.05 bits per heavy atom. The molecule has 0 saturated heterocycles. The van der Waals surface area contributed by atoms with Crippen LogP contribution in [-0.2, 0) is 18.3 Å². The van der Waals surface area contributed by atoms with E-state index in [1.807, 2.05) is 72.1 Å². The van der Waals surface area contributed by atoms with Crippen LogP contribution in [-0.4, -0.2) is 63.5 Å². The van der Waals surface area contributed by atoms with Crippen LogP contribution in [0.3, 0.4) is 0 Å². The van der Waals surface area contributed by atoms with Crippen molar-refractivity contribution in [3.8, 4) is 11.1 Å². The van der Waals surface area contributed by atoms with Crippen LogP contribution in [0.25, 0.3) is 17.2 Å². The van der Waals surface area contributed by atoms with Crippen molar-refractivity contribution in [3.63, 3.8) is 0 Å². The first-order chi connectivity index (χ1) is 19.7. The highest BCUT2D eigenvalue weighted by molar-refractivity contribution is 6.05. The molecule has 0 aliphatic carbocycles. The summed E-state index contributed by atoms with van der Waals surface area (Å²) in [7, 11) is 1.92. The third-order valence-corrected chi connectivity index (χ3v) is 7.21. The first-order valence-corrected chi connectivity index (χ1v) is 14.1. The number of aromatic nitrogens is 2. The van der Waals surface area contributed by atoms with Gasteiger partial charge in [-0.25, -0.2) is 15.0 Å². The quantitative estimate of drug-likeness (QED) is 0.263. The van der Waals surface area contributed by atoms with Crippen LogP contribution in [0.15, 0.2) is 64.5 Å². The Kier molecular flexibility index (Phi) is 9.49. The summed E-state index contributed by atoms with van der Waals surface area (Å²) in [5, 5.41) is 5.35. The number of nitrogens with two attached hydrogens (primary N) is 1. The molecule has 0 fully saturated rings. The van der Waals surface area contributed by atoms with Gasteiger partial charge in [0, 0.05) is 68.8 Å². The topological polar surface area (TPSA) is 109 Å². The molecule has 9 nitrogen and oxygen atoms in total. The van der Waals surface area contributed by atoms with Crippen molar-refractivity contribution in [2.45, 2.75) is 46.5 Å². The number of rotatable bonds is 11. The van der Waals surface area contributed by atoms with Crippen LogP contribution in [0.2, 0.25) is 0 Å². The molecule has 4 rings (SSSR count). The lowest BCUT2D eigenvalue weighted by Crippen LogP contribution is -2.34. The predicted octanol–water partition coefficient (Wildman–Crippen LogP) is 5.12. The lowest BCUT2D eigenvalue weighted by atomic mass is 9.97. The number of hydrogen-bond donors (Lipinski definition) is 1. The number of aryl methyl sites for hydroxylation is 2. The fourth-order valence-electron chi connectivity index (χ4n) is 5.07. The number of carbonyl (C=O) groups is 2. The predicted molar refractivity (Wildman–Crippen MR) is 165 cm³/mol. The number of amidine groups is 1. The molecule has 3 aromatic rings. The van der Waals surface area contributed by atoms with Gasteiger partial charge in [0.1, 0.15) is 11.7 Å². The van der Waals surface area contributed by atoms with Crippen LogP contribution in [0.1, 0.15) is 60.4 Å². The maximum absolute atomic E-state index is 13.3. The van der Waals surface area contributed by atoms with Gasteiger partial charge in [-0.2, -0.15) is 5.10 Å². The molecule has 0 saturated carbocycles. The summed E-state index contributed by atoms with van der Waals surface area (Å²) < 4.78 is 1.92. The van der Waals surface area contributed by atoms with Crippen molar-refractivity contribution >= 4 is 36.1 Å². The van der Waals surface area contributed by atoms with Gasteiger partial charge >= 0.3 is 0 Å². The van der Waals surface area contributed by atoms with E-state index in [0.29, 0.717) is 36.4 Å². The van der Waals surface area contributed by atoms with Crippen LogP contribution >= 0.6 is 0 Å². The molecule has 0 unspecified atom stereocenters. The van der Waals surface area contributed by atoms with Crippen LogP contribution in [0.5, 0.6) is 0 Å². The summed E-state index contributed by atoms with van der Waals surface area (Å²) in [4.78, 5) is 37.4. The second-order valence-corrected chi connectivity index (χ2v) is 10.3. The van der Waals surface area contributed by atoms with Gasteiger partial charge in [0.25, 0.3) is 5.91 Å². The highest BCUT2D eigenvalue weighted by Gasteiger charge is 2.22. The number of hydrogen-bond acceptors (Lipinski definition) is 6. The number of benzene rings is 2. The zero-order chi connectivity index (χ0) is 29.5. The molecule has 0 bridgehead atoms. The van der Waals surface area contributed by atoms with Crippen molar-refractivity contribution in [1.29, 1.82) is 0 Å². The monoisotopic (exact) mass is 553 g/mol. The molecule has 41 heavy (non-hydrogen) atoms. The zero-order valence-electron chi connectivity index (χ0n) is 24.4. The third-order valence-electron chi connectivity index (χ3n) is 7.21. The minimum Gasteiger partial charge on any atom is -0.387 e. The second kappa shape index (κ2) is 13.2. The van der Waals surface area contributed by atoms with E-state index in [0.717, 1.165) is 59.7 Å². The minimum absolute atomic E-state index is 0.0163. The Morgan fingerprint density at radius 2 is 1.76 bits per heavy atom. The van der Waals surface area contributed by atoms with E-state index in [1.54, 1.807) is 6.20 Å². The average molecular weight is 554 g/mol. The molecule has 0 atom stereocenters. The van der Waals surface area contributed by atoms with Crippen molar-refractivity contribution in [3.05, 3.63) is 76.9 Å². The summed E-state index contributed by atoms with van der Waals surface area (Å²) >= 11 is 0. The molecule has 2 heterocycles. The maximum Gasteiger partial charge on any atom is 0.274 e. The molecular weight excluding hydrogens is 514 g/mol.